The predicted octanol–water partition coefficient (Wildman–Crippen LogP) is 9.40. The number of aliphatic carboxylic acids is 3. The van der Waals surface area contributed by atoms with E-state index in [0.29, 0.717) is 23.5 Å². The van der Waals surface area contributed by atoms with E-state index >= 15 is 0 Å². The highest BCUT2D eigenvalue weighted by Gasteiger charge is 2.27. The number of rotatable bonds is 32. The van der Waals surface area contributed by atoms with Crippen molar-refractivity contribution in [2.45, 2.75) is 137 Å². The largest absolute Gasteiger partial charge is 0.481 e. The van der Waals surface area contributed by atoms with Gasteiger partial charge in [0, 0.05) is 23.0 Å². The van der Waals surface area contributed by atoms with E-state index in [1.807, 2.05) is 26.0 Å². The molecule has 2 atom stereocenters. The number of carboxylic acid groups (broad SMARTS) is 3. The van der Waals surface area contributed by atoms with Crippen LogP contribution in [0.3, 0.4) is 0 Å². The monoisotopic (exact) mass is 938 g/mol. The van der Waals surface area contributed by atoms with Gasteiger partial charge in [-0.05, 0) is 130 Å². The number of allylic oxidation sites excluding steroid dienone is 10. The molecule has 0 spiro atoms. The van der Waals surface area contributed by atoms with Crippen LogP contribution < -0.4 is 9.44 Å². The van der Waals surface area contributed by atoms with Gasteiger partial charge >= 0.3 is 17.9 Å². The van der Waals surface area contributed by atoms with Gasteiger partial charge in [0.15, 0.2) is 0 Å². The highest BCUT2D eigenvalue weighted by atomic mass is 32.2. The summed E-state index contributed by atoms with van der Waals surface area (Å²) in [5, 5.41) is 28.0. The maximum absolute atomic E-state index is 13.5. The number of nitrogens with one attached hydrogen (secondary N) is 2. The Hall–Kier alpha value is -3.41. The molecule has 348 valence electrons. The predicted molar refractivity (Wildman–Crippen MR) is 257 cm³/mol. The number of thioether (sulfide) groups is 2. The van der Waals surface area contributed by atoms with Crippen LogP contribution in [0.25, 0.3) is 0 Å². The molecule has 0 amide bonds. The number of carboxylic acids is 3. The summed E-state index contributed by atoms with van der Waals surface area (Å²) in [6.07, 6.45) is 20.1. The van der Waals surface area contributed by atoms with Crippen LogP contribution in [0, 0.1) is 6.92 Å². The van der Waals surface area contributed by atoms with E-state index in [-0.39, 0.29) is 16.4 Å². The average molecular weight is 939 g/mol. The third kappa shape index (κ3) is 26.3. The second-order valence-electron chi connectivity index (χ2n) is 16.0. The van der Waals surface area contributed by atoms with Gasteiger partial charge in [-0.25, -0.2) is 21.6 Å². The van der Waals surface area contributed by atoms with Crippen molar-refractivity contribution in [3.05, 3.63) is 99.2 Å². The molecule has 0 aromatic heterocycles. The Balaban J connectivity index is 2.65. The second-order valence-corrected chi connectivity index (χ2v) is 21.7. The number of hydrogen-bond acceptors (Lipinski definition) is 9. The van der Waals surface area contributed by atoms with E-state index < -0.39 is 62.2 Å². The highest BCUT2D eigenvalue weighted by molar-refractivity contribution is 7.99. The lowest BCUT2D eigenvalue weighted by Crippen LogP contribution is -2.43. The van der Waals surface area contributed by atoms with Crippen molar-refractivity contribution in [2.75, 3.05) is 28.8 Å². The highest BCUT2D eigenvalue weighted by Crippen LogP contribution is 2.22. The van der Waals surface area contributed by atoms with Crippen molar-refractivity contribution >= 4 is 61.5 Å². The van der Waals surface area contributed by atoms with E-state index in [4.69, 9.17) is 5.11 Å². The van der Waals surface area contributed by atoms with Crippen molar-refractivity contribution in [1.82, 2.24) is 9.44 Å². The van der Waals surface area contributed by atoms with Crippen LogP contribution in [0.1, 0.15) is 117 Å². The zero-order valence-corrected chi connectivity index (χ0v) is 41.1. The molecule has 0 saturated heterocycles. The molecular weight excluding hydrogens is 869 g/mol. The lowest BCUT2D eigenvalue weighted by molar-refractivity contribution is -0.139. The lowest BCUT2D eigenvalue weighted by atomic mass is 10.0. The van der Waals surface area contributed by atoms with E-state index in [9.17, 15) is 41.4 Å². The minimum atomic E-state index is -4.11. The first-order valence-corrected chi connectivity index (χ1v) is 26.3. The molecule has 1 rings (SSSR count). The Labute approximate surface area is 380 Å². The SMILES string of the molecule is CC(C)=CCCC(C)=CCCC(C)=CCSCC(NS(=O)(=O)c1cc(CC(C)=CCCC(C)=CCCC(C)=CCSCC(NS(=O)(=O)CCC(=O)O)C(=O)O)ccc1C)C(=O)O. The normalized spacial score (nSPS) is 14.4. The van der Waals surface area contributed by atoms with Crippen LogP contribution in [-0.4, -0.2) is 90.9 Å². The Morgan fingerprint density at radius 1 is 0.613 bits per heavy atom. The Morgan fingerprint density at radius 2 is 1.05 bits per heavy atom. The lowest BCUT2D eigenvalue weighted by Gasteiger charge is -2.16. The van der Waals surface area contributed by atoms with E-state index in [0.717, 1.165) is 68.1 Å². The van der Waals surface area contributed by atoms with Crippen molar-refractivity contribution in [1.29, 1.82) is 0 Å². The first kappa shape index (κ1) is 56.6. The van der Waals surface area contributed by atoms with Gasteiger partial charge in [0.1, 0.15) is 12.1 Å². The van der Waals surface area contributed by atoms with Crippen LogP contribution in [0.4, 0.5) is 0 Å². The Bertz CT molecular complexity index is 2050. The summed E-state index contributed by atoms with van der Waals surface area (Å²) >= 11 is 2.65. The summed E-state index contributed by atoms with van der Waals surface area (Å²) in [6, 6.07) is 2.65. The number of benzene rings is 1. The third-order valence-corrected chi connectivity index (χ3v) is 14.6. The molecule has 0 aliphatic heterocycles. The summed E-state index contributed by atoms with van der Waals surface area (Å²) in [7, 11) is -8.14. The van der Waals surface area contributed by atoms with Crippen molar-refractivity contribution in [3.8, 4) is 0 Å². The van der Waals surface area contributed by atoms with Crippen LogP contribution in [0.2, 0.25) is 0 Å². The fourth-order valence-corrected chi connectivity index (χ4v) is 10.8. The molecule has 2 unspecified atom stereocenters. The molecule has 0 aliphatic rings. The molecule has 1 aromatic carbocycles. The fourth-order valence-electron chi connectivity index (χ4n) is 5.91. The molecule has 0 saturated carbocycles. The summed E-state index contributed by atoms with van der Waals surface area (Å²) < 4.78 is 55.5. The summed E-state index contributed by atoms with van der Waals surface area (Å²) in [4.78, 5) is 34.4. The van der Waals surface area contributed by atoms with Gasteiger partial charge in [-0.2, -0.15) is 28.2 Å². The molecule has 0 aliphatic carbocycles. The van der Waals surface area contributed by atoms with Gasteiger partial charge in [0.05, 0.1) is 17.1 Å². The molecule has 5 N–H and O–H groups in total. The quantitative estimate of drug-likeness (QED) is 0.0339. The van der Waals surface area contributed by atoms with Gasteiger partial charge in [-0.15, -0.1) is 0 Å². The van der Waals surface area contributed by atoms with Gasteiger partial charge < -0.3 is 15.3 Å². The van der Waals surface area contributed by atoms with Gasteiger partial charge in [0.25, 0.3) is 0 Å². The van der Waals surface area contributed by atoms with Gasteiger partial charge in [-0.1, -0.05) is 82.0 Å². The first-order chi connectivity index (χ1) is 29.0. The zero-order chi connectivity index (χ0) is 46.9. The van der Waals surface area contributed by atoms with Crippen LogP contribution in [0.5, 0.6) is 0 Å². The van der Waals surface area contributed by atoms with Crippen molar-refractivity contribution in [3.63, 3.8) is 0 Å². The Kier molecular flexibility index (Phi) is 27.3. The molecule has 62 heavy (non-hydrogen) atoms. The van der Waals surface area contributed by atoms with Gasteiger partial charge in [-0.3, -0.25) is 14.4 Å². The molecule has 0 heterocycles. The number of aryl methyl sites for hydroxylation is 1. The maximum atomic E-state index is 13.5. The van der Waals surface area contributed by atoms with Crippen LogP contribution in [0.15, 0.2) is 93.0 Å². The Morgan fingerprint density at radius 3 is 1.50 bits per heavy atom. The number of sulfonamides is 2. The molecule has 16 heteroatoms. The number of carbonyl (C=O) groups is 3. The van der Waals surface area contributed by atoms with E-state index in [2.05, 4.69) is 74.4 Å². The van der Waals surface area contributed by atoms with Crippen LogP contribution >= 0.6 is 23.5 Å². The van der Waals surface area contributed by atoms with Crippen molar-refractivity contribution < 1.29 is 46.5 Å². The molecule has 0 fully saturated rings. The second kappa shape index (κ2) is 29.9. The summed E-state index contributed by atoms with van der Waals surface area (Å²) in [6.45, 7) is 16.2. The van der Waals surface area contributed by atoms with Crippen LogP contribution in [-0.2, 0) is 40.9 Å². The fraction of sp³-hybridized carbons (Fsp3) is 0.543. The first-order valence-electron chi connectivity index (χ1n) is 20.9. The molecule has 0 radical (unpaired) electrons. The topological polar surface area (TPSA) is 204 Å². The molecular formula is C46H70N2O10S4. The molecule has 1 aromatic rings. The molecule has 0 bridgehead atoms. The van der Waals surface area contributed by atoms with E-state index in [1.165, 1.54) is 45.8 Å². The summed E-state index contributed by atoms with van der Waals surface area (Å²) in [5.41, 5.74) is 8.69. The smallest absolute Gasteiger partial charge is 0.322 e. The standard InChI is InChI=1S/C46H70N2O10S4/c1-33(2)13-9-14-34(3)15-10-18-37(6)24-27-60-32-42(46(53)54)48-62(57,58)43-30-40(22-21-39(43)8)29-38(7)20-12-17-35(4)16-11-19-36(5)23-26-59-31-41(45(51)52)47-61(55,56)28-25-44(49)50/h13,15-16,20-24,30,41-42,47-48H,9-12,14,17-19,25-29,31-32H2,1-8H3,(H,49,50)(H,51,52)(H,53,54). The average Bonchev–Trinajstić information content (AvgIpc) is 3.16. The van der Waals surface area contributed by atoms with Gasteiger partial charge in [0.2, 0.25) is 20.0 Å². The molecule has 12 nitrogen and oxygen atoms in total. The summed E-state index contributed by atoms with van der Waals surface area (Å²) in [5.74, 6) is -3.33. The number of hydrogen-bond donors (Lipinski definition) is 5. The van der Waals surface area contributed by atoms with Crippen molar-refractivity contribution in [2.24, 2.45) is 0 Å². The van der Waals surface area contributed by atoms with E-state index in [1.54, 1.807) is 19.1 Å². The minimum absolute atomic E-state index is 0.000448. The zero-order valence-electron chi connectivity index (χ0n) is 37.8. The maximum Gasteiger partial charge on any atom is 0.322 e. The third-order valence-electron chi connectivity index (χ3n) is 9.68. The minimum Gasteiger partial charge on any atom is -0.481 e.